The Morgan fingerprint density at radius 2 is 1.85 bits per heavy atom. The average molecular weight is 367 g/mol. The number of carboxylic acids is 1. The predicted molar refractivity (Wildman–Crippen MR) is 92.5 cm³/mol. The van der Waals surface area contributed by atoms with E-state index in [1.54, 1.807) is 11.5 Å². The summed E-state index contributed by atoms with van der Waals surface area (Å²) in [6, 6.07) is 4.35. The number of hydrogen-bond acceptors (Lipinski definition) is 2. The summed E-state index contributed by atoms with van der Waals surface area (Å²) in [7, 11) is 0. The van der Waals surface area contributed by atoms with Gasteiger partial charge in [0.25, 0.3) is 0 Å². The predicted octanol–water partition coefficient (Wildman–Crippen LogP) is 4.90. The second-order valence-corrected chi connectivity index (χ2v) is 6.09. The molecule has 4 nitrogen and oxygen atoms in total. The second-order valence-electron chi connectivity index (χ2n) is 6.09. The molecule has 0 aliphatic rings. The van der Waals surface area contributed by atoms with Gasteiger partial charge in [0.15, 0.2) is 0 Å². The highest BCUT2D eigenvalue weighted by Crippen LogP contribution is 2.33. The molecule has 0 saturated carbocycles. The number of pyridine rings is 1. The first-order valence-corrected chi connectivity index (χ1v) is 8.28. The van der Waals surface area contributed by atoms with E-state index >= 15 is 0 Å². The summed E-state index contributed by atoms with van der Waals surface area (Å²) < 4.78 is 40.8. The Bertz CT molecular complexity index is 881. The van der Waals surface area contributed by atoms with Crippen LogP contribution in [0.3, 0.4) is 0 Å². The molecular weight excluding hydrogens is 347 g/mol. The lowest BCUT2D eigenvalue weighted by molar-refractivity contribution is -0.137. The fourth-order valence-corrected chi connectivity index (χ4v) is 3.13. The van der Waals surface area contributed by atoms with Gasteiger partial charge in [-0.15, -0.1) is 0 Å². The summed E-state index contributed by atoms with van der Waals surface area (Å²) in [4.78, 5) is 24.2. The minimum absolute atomic E-state index is 0.0112. The van der Waals surface area contributed by atoms with Crippen LogP contribution in [0.25, 0.3) is 11.1 Å². The summed E-state index contributed by atoms with van der Waals surface area (Å²) in [6.45, 7) is 5.48. The van der Waals surface area contributed by atoms with Crippen LogP contribution in [-0.4, -0.2) is 15.6 Å². The number of nitrogens with zero attached hydrogens (tertiary/aromatic N) is 1. The molecule has 26 heavy (non-hydrogen) atoms. The maximum Gasteiger partial charge on any atom is 0.416 e. The summed E-state index contributed by atoms with van der Waals surface area (Å²) >= 11 is 0. The van der Waals surface area contributed by atoms with Gasteiger partial charge in [-0.3, -0.25) is 4.79 Å². The van der Waals surface area contributed by atoms with E-state index in [0.29, 0.717) is 18.5 Å². The third-order valence-electron chi connectivity index (χ3n) is 4.53. The number of hydrogen-bond donors (Lipinski definition) is 1. The second kappa shape index (κ2) is 7.35. The molecule has 0 aliphatic carbocycles. The molecule has 0 atom stereocenters. The van der Waals surface area contributed by atoms with Crippen LogP contribution in [-0.2, 0) is 6.18 Å². The van der Waals surface area contributed by atoms with E-state index in [9.17, 15) is 27.9 Å². The Morgan fingerprint density at radius 3 is 2.35 bits per heavy atom. The molecule has 0 unspecified atom stereocenters. The lowest BCUT2D eigenvalue weighted by Crippen LogP contribution is -2.24. The van der Waals surface area contributed by atoms with Crippen LogP contribution in [0.4, 0.5) is 13.2 Å². The molecule has 7 heteroatoms. The first-order chi connectivity index (χ1) is 12.1. The third-order valence-corrected chi connectivity index (χ3v) is 4.53. The molecule has 0 fully saturated rings. The lowest BCUT2D eigenvalue weighted by atomic mass is 9.98. The van der Waals surface area contributed by atoms with E-state index in [0.717, 1.165) is 12.1 Å². The highest BCUT2D eigenvalue weighted by molar-refractivity contribution is 5.89. The summed E-state index contributed by atoms with van der Waals surface area (Å²) in [5, 5.41) is 9.37. The van der Waals surface area contributed by atoms with Gasteiger partial charge in [0.2, 0.25) is 5.43 Å². The van der Waals surface area contributed by atoms with Gasteiger partial charge in [0, 0.05) is 23.5 Å². The molecule has 0 bridgehead atoms. The molecule has 0 amide bonds. The average Bonchev–Trinajstić information content (AvgIpc) is 2.57. The standard InChI is InChI=1S/C19H20F3NO3/c1-4-14(5-2)23-10-15(18(25)26)17(24)16(11(23)3)12-7-6-8-13(9-12)19(20,21)22/h6-10,14H,4-5H2,1-3H3,(H,25,26). The van der Waals surface area contributed by atoms with Gasteiger partial charge in [-0.25, -0.2) is 4.79 Å². The van der Waals surface area contributed by atoms with Crippen molar-refractivity contribution in [3.8, 4) is 11.1 Å². The molecule has 2 rings (SSSR count). The van der Waals surface area contributed by atoms with Crippen LogP contribution < -0.4 is 5.43 Å². The van der Waals surface area contributed by atoms with Gasteiger partial charge in [0.05, 0.1) is 5.56 Å². The molecule has 1 aromatic carbocycles. The van der Waals surface area contributed by atoms with Crippen LogP contribution in [0, 0.1) is 6.92 Å². The molecule has 1 aromatic heterocycles. The molecular formula is C19H20F3NO3. The minimum Gasteiger partial charge on any atom is -0.477 e. The van der Waals surface area contributed by atoms with Gasteiger partial charge >= 0.3 is 12.1 Å². The molecule has 0 spiro atoms. The van der Waals surface area contributed by atoms with Crippen LogP contribution in [0.15, 0.2) is 35.3 Å². The number of aromatic nitrogens is 1. The summed E-state index contributed by atoms with van der Waals surface area (Å²) in [5.41, 5.74) is -1.61. The molecule has 0 saturated heterocycles. The van der Waals surface area contributed by atoms with Crippen molar-refractivity contribution in [2.24, 2.45) is 0 Å². The fourth-order valence-electron chi connectivity index (χ4n) is 3.13. The zero-order valence-electron chi connectivity index (χ0n) is 14.7. The van der Waals surface area contributed by atoms with Crippen molar-refractivity contribution in [1.29, 1.82) is 0 Å². The summed E-state index contributed by atoms with van der Waals surface area (Å²) in [5.74, 6) is -1.40. The number of rotatable bonds is 5. The molecule has 0 radical (unpaired) electrons. The highest BCUT2D eigenvalue weighted by atomic mass is 19.4. The first kappa shape index (κ1) is 19.8. The monoisotopic (exact) mass is 367 g/mol. The van der Waals surface area contributed by atoms with E-state index in [2.05, 4.69) is 0 Å². The number of carbonyl (C=O) groups is 1. The highest BCUT2D eigenvalue weighted by Gasteiger charge is 2.31. The molecule has 2 aromatic rings. The van der Waals surface area contributed by atoms with Crippen molar-refractivity contribution in [3.05, 3.63) is 57.5 Å². The van der Waals surface area contributed by atoms with Crippen molar-refractivity contribution in [2.45, 2.75) is 45.8 Å². The van der Waals surface area contributed by atoms with Crippen LogP contribution >= 0.6 is 0 Å². The number of halogens is 3. The van der Waals surface area contributed by atoms with E-state index in [1.807, 2.05) is 13.8 Å². The van der Waals surface area contributed by atoms with E-state index in [4.69, 9.17) is 0 Å². The van der Waals surface area contributed by atoms with E-state index in [-0.39, 0.29) is 17.2 Å². The van der Waals surface area contributed by atoms with Gasteiger partial charge < -0.3 is 9.67 Å². The number of alkyl halides is 3. The SMILES string of the molecule is CCC(CC)n1cc(C(=O)O)c(=O)c(-c2cccc(C(F)(F)F)c2)c1C. The Balaban J connectivity index is 2.84. The Labute approximate surface area is 148 Å². The normalized spacial score (nSPS) is 11.8. The van der Waals surface area contributed by atoms with Crippen LogP contribution in [0.5, 0.6) is 0 Å². The largest absolute Gasteiger partial charge is 0.477 e. The maximum absolute atomic E-state index is 13.0. The van der Waals surface area contributed by atoms with Crippen molar-refractivity contribution >= 4 is 5.97 Å². The zero-order valence-corrected chi connectivity index (χ0v) is 14.7. The van der Waals surface area contributed by atoms with Crippen molar-refractivity contribution < 1.29 is 23.1 Å². The molecule has 140 valence electrons. The van der Waals surface area contributed by atoms with E-state index < -0.39 is 28.7 Å². The van der Waals surface area contributed by atoms with Crippen molar-refractivity contribution in [3.63, 3.8) is 0 Å². The van der Waals surface area contributed by atoms with Crippen molar-refractivity contribution in [2.75, 3.05) is 0 Å². The molecule has 1 N–H and O–H groups in total. The molecule has 1 heterocycles. The van der Waals surface area contributed by atoms with Gasteiger partial charge in [-0.1, -0.05) is 26.0 Å². The first-order valence-electron chi connectivity index (χ1n) is 8.28. The lowest BCUT2D eigenvalue weighted by Gasteiger charge is -2.23. The van der Waals surface area contributed by atoms with Gasteiger partial charge in [-0.05, 0) is 37.5 Å². The van der Waals surface area contributed by atoms with Gasteiger partial charge in [-0.2, -0.15) is 13.2 Å². The zero-order chi connectivity index (χ0) is 19.6. The van der Waals surface area contributed by atoms with Gasteiger partial charge in [0.1, 0.15) is 5.56 Å². The Hall–Kier alpha value is -2.57. The Morgan fingerprint density at radius 1 is 1.23 bits per heavy atom. The fraction of sp³-hybridized carbons (Fsp3) is 0.368. The quantitative estimate of drug-likeness (QED) is 0.817. The topological polar surface area (TPSA) is 59.3 Å². The Kier molecular flexibility index (Phi) is 5.59. The van der Waals surface area contributed by atoms with Crippen molar-refractivity contribution in [1.82, 2.24) is 4.57 Å². The maximum atomic E-state index is 13.0. The summed E-state index contributed by atoms with van der Waals surface area (Å²) in [6.07, 6.45) is -1.87. The minimum atomic E-state index is -4.55. The number of benzene rings is 1. The third kappa shape index (κ3) is 3.66. The number of carboxylic acid groups (broad SMARTS) is 1. The smallest absolute Gasteiger partial charge is 0.416 e. The van der Waals surface area contributed by atoms with E-state index in [1.165, 1.54) is 18.3 Å². The number of aromatic carboxylic acids is 1. The molecule has 0 aliphatic heterocycles. The van der Waals surface area contributed by atoms with Crippen LogP contribution in [0.1, 0.15) is 54.3 Å². The van der Waals surface area contributed by atoms with Crippen LogP contribution in [0.2, 0.25) is 0 Å².